The predicted molar refractivity (Wildman–Crippen MR) is 76.2 cm³/mol. The number of carbonyl (C=O) groups excluding carboxylic acids is 1. The maximum atomic E-state index is 11.9. The molecule has 20 heavy (non-hydrogen) atoms. The van der Waals surface area contributed by atoms with Gasteiger partial charge in [0.2, 0.25) is 5.91 Å². The molecule has 1 amide bonds. The number of rotatable bonds is 5. The average Bonchev–Trinajstić information content (AvgIpc) is 2.45. The maximum absolute atomic E-state index is 11.9. The van der Waals surface area contributed by atoms with Crippen LogP contribution in [0, 0.1) is 0 Å². The number of methoxy groups -OCH3 is 1. The van der Waals surface area contributed by atoms with Crippen molar-refractivity contribution in [1.29, 1.82) is 0 Å². The number of nitrogen functional groups attached to an aromatic ring is 1. The Kier molecular flexibility index (Phi) is 4.68. The molecule has 6 nitrogen and oxygen atoms in total. The third kappa shape index (κ3) is 3.54. The van der Waals surface area contributed by atoms with E-state index in [0.29, 0.717) is 48.9 Å². The Labute approximate surface area is 118 Å². The first-order valence-corrected chi connectivity index (χ1v) is 6.62. The standard InChI is InChI=1S/C14H20N2O4/c1-9(18-2)3-4-14(17)16-11-8-13-12(7-10(11)15)19-5-6-20-13/h7-9H,3-6,15H2,1-2H3,(H,16,17). The Balaban J connectivity index is 2.00. The number of hydrogen-bond acceptors (Lipinski definition) is 5. The SMILES string of the molecule is COC(C)CCC(=O)Nc1cc2c(cc1N)OCCO2. The highest BCUT2D eigenvalue weighted by Crippen LogP contribution is 2.36. The van der Waals surface area contributed by atoms with E-state index in [1.165, 1.54) is 0 Å². The lowest BCUT2D eigenvalue weighted by Crippen LogP contribution is -2.18. The monoisotopic (exact) mass is 280 g/mol. The van der Waals surface area contributed by atoms with Crippen LogP contribution in [0.5, 0.6) is 11.5 Å². The van der Waals surface area contributed by atoms with Gasteiger partial charge in [0, 0.05) is 25.7 Å². The molecule has 0 aromatic heterocycles. The van der Waals surface area contributed by atoms with Crippen LogP contribution in [0.2, 0.25) is 0 Å². The zero-order chi connectivity index (χ0) is 14.5. The molecule has 1 aliphatic heterocycles. The van der Waals surface area contributed by atoms with Gasteiger partial charge in [0.05, 0.1) is 17.5 Å². The molecule has 6 heteroatoms. The van der Waals surface area contributed by atoms with Gasteiger partial charge in [-0.2, -0.15) is 0 Å². The molecule has 0 saturated carbocycles. The third-order valence-corrected chi connectivity index (χ3v) is 3.17. The molecule has 0 radical (unpaired) electrons. The van der Waals surface area contributed by atoms with E-state index in [9.17, 15) is 4.79 Å². The zero-order valence-corrected chi connectivity index (χ0v) is 11.8. The quantitative estimate of drug-likeness (QED) is 0.803. The summed E-state index contributed by atoms with van der Waals surface area (Å²) in [4.78, 5) is 11.9. The molecule has 1 heterocycles. The summed E-state index contributed by atoms with van der Waals surface area (Å²) in [7, 11) is 1.63. The largest absolute Gasteiger partial charge is 0.486 e. The van der Waals surface area contributed by atoms with Crippen LogP contribution in [0.25, 0.3) is 0 Å². The summed E-state index contributed by atoms with van der Waals surface area (Å²) in [6.07, 6.45) is 1.09. The van der Waals surface area contributed by atoms with E-state index in [-0.39, 0.29) is 12.0 Å². The zero-order valence-electron chi connectivity index (χ0n) is 11.8. The van der Waals surface area contributed by atoms with Crippen molar-refractivity contribution in [2.75, 3.05) is 31.4 Å². The summed E-state index contributed by atoms with van der Waals surface area (Å²) in [6, 6.07) is 3.36. The van der Waals surface area contributed by atoms with Crippen molar-refractivity contribution in [3.05, 3.63) is 12.1 Å². The molecule has 1 atom stereocenters. The number of carbonyl (C=O) groups is 1. The first-order chi connectivity index (χ1) is 9.60. The second-order valence-corrected chi connectivity index (χ2v) is 4.72. The van der Waals surface area contributed by atoms with E-state index >= 15 is 0 Å². The number of anilines is 2. The smallest absolute Gasteiger partial charge is 0.224 e. The fraction of sp³-hybridized carbons (Fsp3) is 0.500. The van der Waals surface area contributed by atoms with Crippen LogP contribution in [0.4, 0.5) is 11.4 Å². The number of fused-ring (bicyclic) bond motifs is 1. The van der Waals surface area contributed by atoms with Crippen molar-refractivity contribution in [3.8, 4) is 11.5 Å². The van der Waals surface area contributed by atoms with Gasteiger partial charge < -0.3 is 25.3 Å². The van der Waals surface area contributed by atoms with Gasteiger partial charge in [0.15, 0.2) is 11.5 Å². The molecular formula is C14H20N2O4. The van der Waals surface area contributed by atoms with Gasteiger partial charge in [0.25, 0.3) is 0 Å². The molecule has 0 fully saturated rings. The van der Waals surface area contributed by atoms with Crippen LogP contribution >= 0.6 is 0 Å². The van der Waals surface area contributed by atoms with Crippen LogP contribution in [-0.2, 0) is 9.53 Å². The fourth-order valence-electron chi connectivity index (χ4n) is 1.88. The summed E-state index contributed by atoms with van der Waals surface area (Å²) in [5.74, 6) is 1.11. The van der Waals surface area contributed by atoms with Gasteiger partial charge in [-0.05, 0) is 13.3 Å². The van der Waals surface area contributed by atoms with Gasteiger partial charge in [-0.25, -0.2) is 0 Å². The average molecular weight is 280 g/mol. The summed E-state index contributed by atoms with van der Waals surface area (Å²) in [6.45, 7) is 2.93. The molecule has 0 saturated heterocycles. The lowest BCUT2D eigenvalue weighted by atomic mass is 10.2. The van der Waals surface area contributed by atoms with Crippen LogP contribution in [-0.4, -0.2) is 32.3 Å². The fourth-order valence-corrected chi connectivity index (χ4v) is 1.88. The Hall–Kier alpha value is -1.95. The molecule has 1 aromatic carbocycles. The topological polar surface area (TPSA) is 82.8 Å². The van der Waals surface area contributed by atoms with E-state index in [2.05, 4.69) is 5.32 Å². The summed E-state index contributed by atoms with van der Waals surface area (Å²) >= 11 is 0. The molecule has 1 unspecified atom stereocenters. The van der Waals surface area contributed by atoms with Crippen molar-refractivity contribution >= 4 is 17.3 Å². The van der Waals surface area contributed by atoms with Gasteiger partial charge in [-0.1, -0.05) is 0 Å². The number of ether oxygens (including phenoxy) is 3. The highest BCUT2D eigenvalue weighted by atomic mass is 16.6. The Morgan fingerprint density at radius 1 is 1.40 bits per heavy atom. The van der Waals surface area contributed by atoms with E-state index in [4.69, 9.17) is 19.9 Å². The highest BCUT2D eigenvalue weighted by Gasteiger charge is 2.16. The minimum Gasteiger partial charge on any atom is -0.486 e. The molecular weight excluding hydrogens is 260 g/mol. The second-order valence-electron chi connectivity index (χ2n) is 4.72. The normalized spacial score (nSPS) is 14.7. The Morgan fingerprint density at radius 3 is 2.70 bits per heavy atom. The van der Waals surface area contributed by atoms with Crippen LogP contribution < -0.4 is 20.5 Å². The molecule has 3 N–H and O–H groups in total. The molecule has 0 aliphatic carbocycles. The van der Waals surface area contributed by atoms with Crippen LogP contribution in [0.15, 0.2) is 12.1 Å². The third-order valence-electron chi connectivity index (χ3n) is 3.17. The van der Waals surface area contributed by atoms with Crippen molar-refractivity contribution in [2.24, 2.45) is 0 Å². The highest BCUT2D eigenvalue weighted by molar-refractivity contribution is 5.94. The lowest BCUT2D eigenvalue weighted by molar-refractivity contribution is -0.116. The van der Waals surface area contributed by atoms with Crippen molar-refractivity contribution < 1.29 is 19.0 Å². The molecule has 1 aromatic rings. The molecule has 0 bridgehead atoms. The van der Waals surface area contributed by atoms with Gasteiger partial charge in [0.1, 0.15) is 13.2 Å². The summed E-state index contributed by atoms with van der Waals surface area (Å²) < 4.78 is 16.0. The number of amides is 1. The van der Waals surface area contributed by atoms with E-state index in [1.54, 1.807) is 19.2 Å². The number of benzene rings is 1. The predicted octanol–water partition coefficient (Wildman–Crippen LogP) is 1.79. The van der Waals surface area contributed by atoms with Crippen LogP contribution in [0.3, 0.4) is 0 Å². The minimum absolute atomic E-state index is 0.0540. The molecule has 110 valence electrons. The van der Waals surface area contributed by atoms with E-state index in [1.807, 2.05) is 6.92 Å². The molecule has 1 aliphatic rings. The first-order valence-electron chi connectivity index (χ1n) is 6.62. The van der Waals surface area contributed by atoms with Crippen molar-refractivity contribution in [1.82, 2.24) is 0 Å². The van der Waals surface area contributed by atoms with E-state index < -0.39 is 0 Å². The summed E-state index contributed by atoms with van der Waals surface area (Å²) in [5.41, 5.74) is 6.91. The van der Waals surface area contributed by atoms with Gasteiger partial charge >= 0.3 is 0 Å². The number of hydrogen-bond donors (Lipinski definition) is 2. The first kappa shape index (κ1) is 14.5. The minimum atomic E-state index is -0.0997. The Morgan fingerprint density at radius 2 is 2.05 bits per heavy atom. The lowest BCUT2D eigenvalue weighted by Gasteiger charge is -2.20. The number of nitrogens with one attached hydrogen (secondary N) is 1. The maximum Gasteiger partial charge on any atom is 0.224 e. The Bertz CT molecular complexity index is 490. The van der Waals surface area contributed by atoms with Crippen LogP contribution in [0.1, 0.15) is 19.8 Å². The van der Waals surface area contributed by atoms with Gasteiger partial charge in [-0.3, -0.25) is 4.79 Å². The van der Waals surface area contributed by atoms with E-state index in [0.717, 1.165) is 0 Å². The molecule has 0 spiro atoms. The summed E-state index contributed by atoms with van der Waals surface area (Å²) in [5, 5.41) is 2.78. The van der Waals surface area contributed by atoms with Crippen molar-refractivity contribution in [2.45, 2.75) is 25.9 Å². The van der Waals surface area contributed by atoms with Gasteiger partial charge in [-0.15, -0.1) is 0 Å². The molecule has 2 rings (SSSR count). The van der Waals surface area contributed by atoms with Crippen molar-refractivity contribution in [3.63, 3.8) is 0 Å². The number of nitrogens with two attached hydrogens (primary N) is 1. The second kappa shape index (κ2) is 6.47.